The van der Waals surface area contributed by atoms with Crippen molar-refractivity contribution in [3.05, 3.63) is 137 Å². The van der Waals surface area contributed by atoms with E-state index in [2.05, 4.69) is 91.3 Å². The van der Waals surface area contributed by atoms with Crippen LogP contribution in [-0.4, -0.2) is 88.6 Å². The van der Waals surface area contributed by atoms with Gasteiger partial charge in [-0.25, -0.2) is 17.5 Å². The Hall–Kier alpha value is -4.30. The summed E-state index contributed by atoms with van der Waals surface area (Å²) < 4.78 is 34.3. The molecule has 1 fully saturated rings. The number of halogens is 1. The molecule has 0 bridgehead atoms. The molecule has 3 aliphatic heterocycles. The SMILES string of the molecule is CN(C)CC[C@H](CSc1ccccc1)N1C=NSc2cc(S(=O)(=O)NC(=O)c3ccc4c(c3)CC[C@H]3CN(Cc5ccccc5-c5ccc(Cl)cc5)CCN43)ccc21. The lowest BCUT2D eigenvalue weighted by molar-refractivity contribution is 0.0981. The Kier molecular flexibility index (Phi) is 12.5. The van der Waals surface area contributed by atoms with E-state index in [0.717, 1.165) is 90.2 Å². The number of nitrogens with one attached hydrogen (secondary N) is 1. The minimum atomic E-state index is -4.16. The van der Waals surface area contributed by atoms with Crippen LogP contribution < -0.4 is 14.5 Å². The lowest BCUT2D eigenvalue weighted by Crippen LogP contribution is -2.54. The van der Waals surface area contributed by atoms with Crippen LogP contribution in [0.1, 0.15) is 34.3 Å². The molecule has 13 heteroatoms. The first-order valence-corrected chi connectivity index (χ1v) is 23.2. The Bertz CT molecular complexity index is 2400. The molecule has 1 N–H and O–H groups in total. The average Bonchev–Trinajstić information content (AvgIpc) is 3.23. The number of hydrogen-bond donors (Lipinski definition) is 1. The second kappa shape index (κ2) is 17.9. The van der Waals surface area contributed by atoms with Crippen LogP contribution in [0, 0.1) is 0 Å². The predicted molar refractivity (Wildman–Crippen MR) is 240 cm³/mol. The van der Waals surface area contributed by atoms with Crippen molar-refractivity contribution >= 4 is 69.0 Å². The molecule has 2 atom stereocenters. The third-order valence-electron chi connectivity index (χ3n) is 11.1. The van der Waals surface area contributed by atoms with Crippen LogP contribution >= 0.6 is 35.3 Å². The van der Waals surface area contributed by atoms with Crippen LogP contribution in [0.3, 0.4) is 0 Å². The molecule has 3 heterocycles. The normalized spacial score (nSPS) is 17.1. The summed E-state index contributed by atoms with van der Waals surface area (Å²) in [5.41, 5.74) is 7.11. The van der Waals surface area contributed by atoms with Gasteiger partial charge >= 0.3 is 0 Å². The van der Waals surface area contributed by atoms with E-state index in [1.165, 1.54) is 28.0 Å². The van der Waals surface area contributed by atoms with E-state index in [1.54, 1.807) is 30.0 Å². The van der Waals surface area contributed by atoms with Gasteiger partial charge in [-0.15, -0.1) is 11.8 Å². The smallest absolute Gasteiger partial charge is 0.265 e. The zero-order chi connectivity index (χ0) is 40.2. The van der Waals surface area contributed by atoms with Gasteiger partial charge in [0.05, 0.1) is 15.5 Å². The van der Waals surface area contributed by atoms with Gasteiger partial charge in [-0.05, 0) is 123 Å². The van der Waals surface area contributed by atoms with E-state index in [0.29, 0.717) is 11.6 Å². The van der Waals surface area contributed by atoms with Gasteiger partial charge in [0, 0.05) is 77.1 Å². The van der Waals surface area contributed by atoms with Crippen molar-refractivity contribution in [3.8, 4) is 11.1 Å². The lowest BCUT2D eigenvalue weighted by atomic mass is 9.92. The van der Waals surface area contributed by atoms with Gasteiger partial charge in [0.25, 0.3) is 15.9 Å². The molecule has 0 saturated carbocycles. The number of thioether (sulfide) groups is 1. The second-order valence-electron chi connectivity index (χ2n) is 15.3. The van der Waals surface area contributed by atoms with Crippen molar-refractivity contribution in [2.24, 2.45) is 4.40 Å². The number of rotatable bonds is 13. The van der Waals surface area contributed by atoms with Crippen LogP contribution in [0.25, 0.3) is 11.1 Å². The molecule has 0 aromatic heterocycles. The van der Waals surface area contributed by atoms with Crippen LogP contribution in [0.15, 0.2) is 134 Å². The number of sulfonamides is 1. The van der Waals surface area contributed by atoms with Crippen molar-refractivity contribution in [1.29, 1.82) is 0 Å². The highest BCUT2D eigenvalue weighted by atomic mass is 35.5. The quantitative estimate of drug-likeness (QED) is 0.0924. The number of benzene rings is 5. The molecular formula is C45H47ClN6O3S3. The van der Waals surface area contributed by atoms with Gasteiger partial charge in [-0.1, -0.05) is 66.2 Å². The zero-order valence-corrected chi connectivity index (χ0v) is 35.8. The van der Waals surface area contributed by atoms with Crippen molar-refractivity contribution in [2.45, 2.75) is 52.6 Å². The minimum absolute atomic E-state index is 0.0297. The summed E-state index contributed by atoms with van der Waals surface area (Å²) in [6, 6.07) is 38.0. The summed E-state index contributed by atoms with van der Waals surface area (Å²) in [6.45, 7) is 4.49. The number of amides is 1. The molecular weight excluding hydrogens is 804 g/mol. The van der Waals surface area contributed by atoms with E-state index in [-0.39, 0.29) is 10.9 Å². The maximum absolute atomic E-state index is 13.7. The van der Waals surface area contributed by atoms with E-state index < -0.39 is 15.9 Å². The van der Waals surface area contributed by atoms with Crippen LogP contribution in [0.5, 0.6) is 0 Å². The molecule has 0 aliphatic carbocycles. The summed E-state index contributed by atoms with van der Waals surface area (Å²) in [5, 5.41) is 0.731. The van der Waals surface area contributed by atoms with Crippen molar-refractivity contribution in [2.75, 3.05) is 55.8 Å². The zero-order valence-electron chi connectivity index (χ0n) is 32.6. The summed E-state index contributed by atoms with van der Waals surface area (Å²) in [6.07, 6.45) is 4.52. The highest BCUT2D eigenvalue weighted by Crippen LogP contribution is 2.39. The number of aryl methyl sites for hydroxylation is 1. The number of carbonyl (C=O) groups excluding carboxylic acids is 1. The first-order chi connectivity index (χ1) is 28.1. The fraction of sp³-hybridized carbons (Fsp3) is 0.289. The highest BCUT2D eigenvalue weighted by Gasteiger charge is 2.33. The Morgan fingerprint density at radius 3 is 2.53 bits per heavy atom. The van der Waals surface area contributed by atoms with Crippen LogP contribution in [0.2, 0.25) is 5.02 Å². The van der Waals surface area contributed by atoms with Gasteiger partial charge in [0.1, 0.15) is 6.34 Å². The molecule has 0 unspecified atom stereocenters. The molecule has 58 heavy (non-hydrogen) atoms. The molecule has 0 spiro atoms. The molecule has 0 radical (unpaired) electrons. The Balaban J connectivity index is 0.917. The molecule has 1 saturated heterocycles. The Labute approximate surface area is 355 Å². The van der Waals surface area contributed by atoms with Crippen LogP contribution in [-0.2, 0) is 23.0 Å². The van der Waals surface area contributed by atoms with Crippen molar-refractivity contribution in [1.82, 2.24) is 14.5 Å². The third-order valence-corrected chi connectivity index (χ3v) is 14.6. The molecule has 5 aromatic carbocycles. The molecule has 300 valence electrons. The Morgan fingerprint density at radius 2 is 1.72 bits per heavy atom. The van der Waals surface area contributed by atoms with Gasteiger partial charge in [0.2, 0.25) is 0 Å². The Morgan fingerprint density at radius 1 is 0.948 bits per heavy atom. The standard InChI is InChI=1S/C45H47ClN6O3S3/c1-49(2)23-22-38(30-56-39-9-4-3-5-10-39)52-31-47-57-44-27-40(19-21-43(44)52)58(54,55)48-45(53)34-15-20-42-33(26-34)14-18-37-29-50(24-25-51(37)42)28-35-8-6-7-11-41(35)32-12-16-36(46)17-13-32/h3-13,15-17,19-21,26-27,31,37-38H,14,18,22-25,28-30H2,1-2H3,(H,48,53)/t37-,38+/m0/s1. The maximum atomic E-state index is 13.7. The second-order valence-corrected chi connectivity index (χ2v) is 19.3. The predicted octanol–water partition coefficient (Wildman–Crippen LogP) is 8.73. The van der Waals surface area contributed by atoms with Crippen LogP contribution in [0.4, 0.5) is 11.4 Å². The summed E-state index contributed by atoms with van der Waals surface area (Å²) in [7, 11) is -0.0294. The summed E-state index contributed by atoms with van der Waals surface area (Å²) >= 11 is 9.20. The molecule has 5 aromatic rings. The number of carbonyl (C=O) groups is 1. The monoisotopic (exact) mass is 850 g/mol. The number of piperazine rings is 1. The number of nitrogens with zero attached hydrogens (tertiary/aromatic N) is 5. The van der Waals surface area contributed by atoms with Gasteiger partial charge in [-0.2, -0.15) is 0 Å². The third kappa shape index (κ3) is 9.28. The van der Waals surface area contributed by atoms with E-state index in [9.17, 15) is 13.2 Å². The summed E-state index contributed by atoms with van der Waals surface area (Å²) in [4.78, 5) is 24.8. The lowest BCUT2D eigenvalue weighted by Gasteiger charge is -2.46. The van der Waals surface area contributed by atoms with E-state index in [4.69, 9.17) is 11.6 Å². The maximum Gasteiger partial charge on any atom is 0.265 e. The number of hydrogen-bond acceptors (Lipinski definition) is 10. The fourth-order valence-corrected chi connectivity index (χ4v) is 11.0. The van der Waals surface area contributed by atoms with Crippen molar-refractivity contribution in [3.63, 3.8) is 0 Å². The number of fused-ring (bicyclic) bond motifs is 4. The minimum Gasteiger partial charge on any atom is -0.366 e. The van der Waals surface area contributed by atoms with Gasteiger partial charge in [-0.3, -0.25) is 9.69 Å². The highest BCUT2D eigenvalue weighted by molar-refractivity contribution is 7.99. The van der Waals surface area contributed by atoms with E-state index in [1.807, 2.05) is 54.9 Å². The first kappa shape index (κ1) is 40.5. The average molecular weight is 852 g/mol. The first-order valence-electron chi connectivity index (χ1n) is 19.6. The van der Waals surface area contributed by atoms with Gasteiger partial charge in [0.15, 0.2) is 0 Å². The molecule has 1 amide bonds. The summed E-state index contributed by atoms with van der Waals surface area (Å²) in [5.74, 6) is 0.198. The topological polar surface area (TPSA) is 88.6 Å². The largest absolute Gasteiger partial charge is 0.366 e. The molecule has 3 aliphatic rings. The number of anilines is 2. The van der Waals surface area contributed by atoms with E-state index >= 15 is 0 Å². The van der Waals surface area contributed by atoms with Crippen molar-refractivity contribution < 1.29 is 13.2 Å². The fourth-order valence-electron chi connectivity index (χ4n) is 8.06. The molecule has 9 nitrogen and oxygen atoms in total. The van der Waals surface area contributed by atoms with Gasteiger partial charge < -0.3 is 14.7 Å². The molecule has 8 rings (SSSR count).